The minimum atomic E-state index is -0.239. The monoisotopic (exact) mass is 324 g/mol. The molecule has 0 spiro atoms. The summed E-state index contributed by atoms with van der Waals surface area (Å²) in [4.78, 5) is 42.1. The number of rotatable bonds is 2. The molecule has 1 N–H and O–H groups in total. The maximum Gasteiger partial charge on any atom is 0.210 e. The zero-order valence-corrected chi connectivity index (χ0v) is 13.6. The lowest BCUT2D eigenvalue weighted by atomic mass is 9.83. The van der Waals surface area contributed by atoms with Crippen molar-refractivity contribution in [1.29, 1.82) is 0 Å². The molecule has 0 atom stereocenters. The molecular weight excluding hydrogens is 304 g/mol. The van der Waals surface area contributed by atoms with Crippen molar-refractivity contribution < 1.29 is 14.4 Å². The van der Waals surface area contributed by atoms with Crippen molar-refractivity contribution in [2.45, 2.75) is 57.4 Å². The summed E-state index contributed by atoms with van der Waals surface area (Å²) >= 11 is 0. The predicted octanol–water partition coefficient (Wildman–Crippen LogP) is 2.79. The molecule has 0 bridgehead atoms. The highest BCUT2D eigenvalue weighted by molar-refractivity contribution is 6.27. The number of hydrogen-bond acceptors (Lipinski definition) is 5. The number of nitrogens with zero attached hydrogens (tertiary/aromatic N) is 1. The smallest absolute Gasteiger partial charge is 0.210 e. The van der Waals surface area contributed by atoms with E-state index in [1.54, 1.807) is 0 Å². The van der Waals surface area contributed by atoms with Gasteiger partial charge in [-0.25, -0.2) is 0 Å². The number of carbonyl (C=O) groups excluding carboxylic acids is 3. The molecule has 5 heteroatoms. The molecule has 124 valence electrons. The molecule has 3 aliphatic carbocycles. The van der Waals surface area contributed by atoms with Crippen molar-refractivity contribution >= 4 is 17.3 Å². The molecule has 0 aliphatic heterocycles. The van der Waals surface area contributed by atoms with Gasteiger partial charge in [-0.05, 0) is 25.7 Å². The lowest BCUT2D eigenvalue weighted by Crippen LogP contribution is -2.37. The Labute approximate surface area is 140 Å². The zero-order chi connectivity index (χ0) is 16.7. The van der Waals surface area contributed by atoms with Gasteiger partial charge in [0.25, 0.3) is 0 Å². The second-order valence-corrected chi connectivity index (χ2v) is 6.88. The minimum absolute atomic E-state index is 0.0688. The number of carbonyl (C=O) groups is 3. The third kappa shape index (κ3) is 2.48. The molecule has 1 fully saturated rings. The first-order valence-corrected chi connectivity index (χ1v) is 8.77. The summed E-state index contributed by atoms with van der Waals surface area (Å²) < 4.78 is 0. The van der Waals surface area contributed by atoms with Gasteiger partial charge in [0.2, 0.25) is 5.78 Å². The van der Waals surface area contributed by atoms with Crippen molar-refractivity contribution in [1.82, 2.24) is 10.3 Å². The summed E-state index contributed by atoms with van der Waals surface area (Å²) in [6.07, 6.45) is 10.2. The van der Waals surface area contributed by atoms with Crippen molar-refractivity contribution in [2.24, 2.45) is 0 Å². The largest absolute Gasteiger partial charge is 0.379 e. The number of ketones is 3. The highest BCUT2D eigenvalue weighted by atomic mass is 16.1. The molecule has 1 saturated carbocycles. The fraction of sp³-hybridized carbons (Fsp3) is 0.474. The van der Waals surface area contributed by atoms with Crippen LogP contribution in [0.25, 0.3) is 0 Å². The van der Waals surface area contributed by atoms with E-state index in [4.69, 9.17) is 0 Å². The van der Waals surface area contributed by atoms with Gasteiger partial charge in [0, 0.05) is 30.3 Å². The lowest BCUT2D eigenvalue weighted by Gasteiger charge is -2.27. The molecule has 0 unspecified atom stereocenters. The Hall–Kier alpha value is -2.30. The number of allylic oxidation sites excluding steroid dienone is 2. The minimum Gasteiger partial charge on any atom is -0.379 e. The van der Waals surface area contributed by atoms with Gasteiger partial charge in [-0.1, -0.05) is 19.3 Å². The molecule has 1 heterocycles. The van der Waals surface area contributed by atoms with E-state index in [-0.39, 0.29) is 34.5 Å². The molecular formula is C19H20N2O3. The third-order valence-electron chi connectivity index (χ3n) is 5.23. The Balaban J connectivity index is 1.73. The van der Waals surface area contributed by atoms with Gasteiger partial charge in [0.15, 0.2) is 11.6 Å². The first-order valence-electron chi connectivity index (χ1n) is 8.77. The SMILES string of the molecule is O=C1C=C(NC2CCCCC2)C(=O)c2c1cnc1c2C(=O)CCC1. The van der Waals surface area contributed by atoms with E-state index in [1.807, 2.05) is 0 Å². The summed E-state index contributed by atoms with van der Waals surface area (Å²) in [5, 5.41) is 3.26. The highest BCUT2D eigenvalue weighted by Crippen LogP contribution is 2.30. The number of hydrogen-bond donors (Lipinski definition) is 1. The molecule has 0 saturated heterocycles. The average molecular weight is 324 g/mol. The van der Waals surface area contributed by atoms with Gasteiger partial charge in [-0.3, -0.25) is 19.4 Å². The summed E-state index contributed by atoms with van der Waals surface area (Å²) in [7, 11) is 0. The van der Waals surface area contributed by atoms with Gasteiger partial charge >= 0.3 is 0 Å². The maximum absolute atomic E-state index is 13.0. The number of fused-ring (bicyclic) bond motifs is 3. The van der Waals surface area contributed by atoms with Crippen LogP contribution < -0.4 is 5.32 Å². The number of aryl methyl sites for hydroxylation is 1. The standard InChI is InChI=1S/C19H20N2O3/c22-15-8-4-7-13-18(15)17-12(10-20-13)16(23)9-14(19(17)24)21-11-5-2-1-3-6-11/h9-11,21H,1-8H2. The number of pyridine rings is 1. The van der Waals surface area contributed by atoms with Crippen LogP contribution in [0.1, 0.15) is 81.7 Å². The van der Waals surface area contributed by atoms with Gasteiger partial charge < -0.3 is 5.32 Å². The van der Waals surface area contributed by atoms with Gasteiger partial charge in [0.05, 0.1) is 22.5 Å². The van der Waals surface area contributed by atoms with Crippen LogP contribution in [0.4, 0.5) is 0 Å². The van der Waals surface area contributed by atoms with Crippen LogP contribution in [-0.2, 0) is 6.42 Å². The first kappa shape index (κ1) is 15.2. The second-order valence-electron chi connectivity index (χ2n) is 6.88. The summed E-state index contributed by atoms with van der Waals surface area (Å²) in [6.45, 7) is 0. The molecule has 0 radical (unpaired) electrons. The Morgan fingerprint density at radius 2 is 1.75 bits per heavy atom. The van der Waals surface area contributed by atoms with Crippen LogP contribution in [0, 0.1) is 0 Å². The Kier molecular flexibility index (Phi) is 3.79. The summed E-state index contributed by atoms with van der Waals surface area (Å²) in [6, 6.07) is 0.233. The summed E-state index contributed by atoms with van der Waals surface area (Å²) in [5.41, 5.74) is 1.92. The molecule has 24 heavy (non-hydrogen) atoms. The van der Waals surface area contributed by atoms with E-state index in [0.717, 1.165) is 32.1 Å². The van der Waals surface area contributed by atoms with Gasteiger partial charge in [-0.2, -0.15) is 0 Å². The van der Waals surface area contributed by atoms with E-state index < -0.39 is 0 Å². The fourth-order valence-corrected chi connectivity index (χ4v) is 3.99. The van der Waals surface area contributed by atoms with E-state index in [1.165, 1.54) is 18.7 Å². The molecule has 1 aromatic heterocycles. The average Bonchev–Trinajstić information content (AvgIpc) is 2.60. The molecule has 1 aromatic rings. The lowest BCUT2D eigenvalue weighted by molar-refractivity contribution is 0.0944. The van der Waals surface area contributed by atoms with Crippen LogP contribution >= 0.6 is 0 Å². The first-order chi connectivity index (χ1) is 11.6. The number of nitrogens with one attached hydrogen (secondary N) is 1. The van der Waals surface area contributed by atoms with Crippen molar-refractivity contribution in [3.63, 3.8) is 0 Å². The van der Waals surface area contributed by atoms with Gasteiger partial charge in [-0.15, -0.1) is 0 Å². The molecule has 3 aliphatic rings. The second kappa shape index (κ2) is 5.96. The molecule has 0 aromatic carbocycles. The van der Waals surface area contributed by atoms with E-state index >= 15 is 0 Å². The van der Waals surface area contributed by atoms with Crippen LogP contribution in [0.3, 0.4) is 0 Å². The maximum atomic E-state index is 13.0. The van der Waals surface area contributed by atoms with Crippen molar-refractivity contribution in [3.05, 3.63) is 40.4 Å². The fourth-order valence-electron chi connectivity index (χ4n) is 3.99. The Bertz CT molecular complexity index is 773. The van der Waals surface area contributed by atoms with Crippen molar-refractivity contribution in [2.75, 3.05) is 0 Å². The van der Waals surface area contributed by atoms with Crippen LogP contribution in [0.2, 0.25) is 0 Å². The molecule has 0 amide bonds. The zero-order valence-electron chi connectivity index (χ0n) is 13.6. The number of Topliss-reactive ketones (excluding diaryl/α,β-unsaturated/α-hetero) is 2. The normalized spacial score (nSPS) is 21.2. The van der Waals surface area contributed by atoms with Crippen LogP contribution in [0.5, 0.6) is 0 Å². The van der Waals surface area contributed by atoms with E-state index in [9.17, 15) is 14.4 Å². The van der Waals surface area contributed by atoms with E-state index in [0.29, 0.717) is 29.8 Å². The Morgan fingerprint density at radius 3 is 2.54 bits per heavy atom. The van der Waals surface area contributed by atoms with Crippen LogP contribution in [0.15, 0.2) is 18.0 Å². The predicted molar refractivity (Wildman–Crippen MR) is 88.3 cm³/mol. The molecule has 4 rings (SSSR count). The van der Waals surface area contributed by atoms with E-state index in [2.05, 4.69) is 10.3 Å². The number of aromatic nitrogens is 1. The van der Waals surface area contributed by atoms with Crippen LogP contribution in [-0.4, -0.2) is 28.4 Å². The highest BCUT2D eigenvalue weighted by Gasteiger charge is 2.34. The quantitative estimate of drug-likeness (QED) is 0.905. The summed E-state index contributed by atoms with van der Waals surface area (Å²) in [5.74, 6) is -0.540. The van der Waals surface area contributed by atoms with Gasteiger partial charge in [0.1, 0.15) is 0 Å². The topological polar surface area (TPSA) is 76.1 Å². The Morgan fingerprint density at radius 1 is 0.958 bits per heavy atom. The van der Waals surface area contributed by atoms with Crippen molar-refractivity contribution in [3.8, 4) is 0 Å². The third-order valence-corrected chi connectivity index (χ3v) is 5.23. The molecule has 5 nitrogen and oxygen atoms in total.